The molecule has 2 aromatic carbocycles. The third kappa shape index (κ3) is 4.12. The number of aryl methyl sites for hydroxylation is 3. The third-order valence-corrected chi connectivity index (χ3v) is 4.24. The van der Waals surface area contributed by atoms with E-state index in [0.29, 0.717) is 18.9 Å². The summed E-state index contributed by atoms with van der Waals surface area (Å²) in [7, 11) is 1.96. The number of halogens is 1. The Hall–Kier alpha value is -2.53. The van der Waals surface area contributed by atoms with Gasteiger partial charge in [0, 0.05) is 12.1 Å². The zero-order valence-electron chi connectivity index (χ0n) is 14.5. The SMILES string of the molecule is Cc1cccc(NC(=O)CCCn2c(N)[n+](C)c3ccccc32)c1.[Cl-]. The average molecular weight is 359 g/mol. The summed E-state index contributed by atoms with van der Waals surface area (Å²) in [5.74, 6) is 0.732. The van der Waals surface area contributed by atoms with Crippen molar-refractivity contribution in [2.75, 3.05) is 11.1 Å². The van der Waals surface area contributed by atoms with Crippen molar-refractivity contribution >= 4 is 28.6 Å². The van der Waals surface area contributed by atoms with Crippen LogP contribution >= 0.6 is 0 Å². The molecule has 0 unspecified atom stereocenters. The molecular weight excluding hydrogens is 336 g/mol. The monoisotopic (exact) mass is 358 g/mol. The summed E-state index contributed by atoms with van der Waals surface area (Å²) in [5.41, 5.74) is 10.4. The van der Waals surface area contributed by atoms with Crippen LogP contribution in [0.15, 0.2) is 48.5 Å². The molecule has 6 heteroatoms. The summed E-state index contributed by atoms with van der Waals surface area (Å²) in [6, 6.07) is 15.9. The first kappa shape index (κ1) is 18.8. The number of carbonyl (C=O) groups is 1. The predicted octanol–water partition coefficient (Wildman–Crippen LogP) is -0.221. The van der Waals surface area contributed by atoms with E-state index >= 15 is 0 Å². The number of aromatic nitrogens is 2. The molecule has 0 saturated carbocycles. The normalized spacial score (nSPS) is 10.5. The Bertz CT molecular complexity index is 888. The molecule has 0 spiro atoms. The molecule has 0 atom stereocenters. The number of nitrogen functional groups attached to an aromatic ring is 1. The molecule has 3 N–H and O–H groups in total. The lowest BCUT2D eigenvalue weighted by Crippen LogP contribution is -3.00. The van der Waals surface area contributed by atoms with E-state index in [4.69, 9.17) is 5.73 Å². The molecular formula is C19H23ClN4O. The number of nitrogens with one attached hydrogen (secondary N) is 1. The molecule has 1 heterocycles. The van der Waals surface area contributed by atoms with Gasteiger partial charge in [-0.05, 0) is 43.2 Å². The summed E-state index contributed by atoms with van der Waals surface area (Å²) >= 11 is 0. The van der Waals surface area contributed by atoms with E-state index in [9.17, 15) is 4.79 Å². The van der Waals surface area contributed by atoms with Crippen molar-refractivity contribution in [3.05, 3.63) is 54.1 Å². The minimum absolute atomic E-state index is 0. The van der Waals surface area contributed by atoms with Gasteiger partial charge in [-0.1, -0.05) is 24.3 Å². The number of imidazole rings is 1. The fourth-order valence-corrected chi connectivity index (χ4v) is 2.98. The summed E-state index contributed by atoms with van der Waals surface area (Å²) in [6.07, 6.45) is 1.20. The van der Waals surface area contributed by atoms with Crippen molar-refractivity contribution in [3.8, 4) is 0 Å². The zero-order valence-corrected chi connectivity index (χ0v) is 15.3. The van der Waals surface area contributed by atoms with Crippen molar-refractivity contribution in [1.29, 1.82) is 0 Å². The van der Waals surface area contributed by atoms with Gasteiger partial charge >= 0.3 is 5.95 Å². The highest BCUT2D eigenvalue weighted by Gasteiger charge is 2.17. The van der Waals surface area contributed by atoms with E-state index < -0.39 is 0 Å². The van der Waals surface area contributed by atoms with Crippen molar-refractivity contribution in [1.82, 2.24) is 4.57 Å². The third-order valence-electron chi connectivity index (χ3n) is 4.24. The fourth-order valence-electron chi connectivity index (χ4n) is 2.98. The van der Waals surface area contributed by atoms with Crippen LogP contribution in [0.1, 0.15) is 18.4 Å². The van der Waals surface area contributed by atoms with Crippen LogP contribution in [0, 0.1) is 6.92 Å². The van der Waals surface area contributed by atoms with Crippen LogP contribution in [0.5, 0.6) is 0 Å². The van der Waals surface area contributed by atoms with Crippen LogP contribution in [0.25, 0.3) is 11.0 Å². The molecule has 0 aliphatic carbocycles. The van der Waals surface area contributed by atoms with Gasteiger partial charge in [0.15, 0.2) is 0 Å². The van der Waals surface area contributed by atoms with Gasteiger partial charge in [0.1, 0.15) is 11.0 Å². The quantitative estimate of drug-likeness (QED) is 0.619. The van der Waals surface area contributed by atoms with E-state index in [1.807, 2.05) is 61.0 Å². The van der Waals surface area contributed by atoms with Crippen molar-refractivity contribution in [2.24, 2.45) is 7.05 Å². The van der Waals surface area contributed by atoms with Gasteiger partial charge in [0.05, 0.1) is 13.6 Å². The van der Waals surface area contributed by atoms with Crippen LogP contribution in [0.3, 0.4) is 0 Å². The Morgan fingerprint density at radius 2 is 1.96 bits per heavy atom. The minimum Gasteiger partial charge on any atom is -1.00 e. The van der Waals surface area contributed by atoms with Crippen LogP contribution in [0.4, 0.5) is 11.6 Å². The zero-order chi connectivity index (χ0) is 17.1. The highest BCUT2D eigenvalue weighted by molar-refractivity contribution is 5.90. The van der Waals surface area contributed by atoms with Crippen LogP contribution in [-0.4, -0.2) is 10.5 Å². The molecule has 1 amide bonds. The van der Waals surface area contributed by atoms with Gasteiger partial charge in [-0.25, -0.2) is 9.13 Å². The second-order valence-electron chi connectivity index (χ2n) is 6.08. The molecule has 3 rings (SSSR count). The van der Waals surface area contributed by atoms with Gasteiger partial charge < -0.3 is 17.7 Å². The molecule has 0 radical (unpaired) electrons. The number of amides is 1. The van der Waals surface area contributed by atoms with Gasteiger partial charge in [-0.15, -0.1) is 0 Å². The maximum atomic E-state index is 12.1. The van der Waals surface area contributed by atoms with E-state index in [0.717, 1.165) is 28.7 Å². The van der Waals surface area contributed by atoms with Gasteiger partial charge in [-0.2, -0.15) is 0 Å². The lowest BCUT2D eigenvalue weighted by Gasteiger charge is -2.06. The van der Waals surface area contributed by atoms with E-state index in [-0.39, 0.29) is 18.3 Å². The number of para-hydroxylation sites is 2. The van der Waals surface area contributed by atoms with Crippen molar-refractivity contribution in [2.45, 2.75) is 26.3 Å². The minimum atomic E-state index is 0. The molecule has 3 aromatic rings. The standard InChI is InChI=1S/C19H22N4O.ClH/c1-14-7-5-8-15(13-14)21-18(24)11-6-12-23-17-10-4-3-9-16(17)22(2)19(23)20;/h3-5,7-10,13,20H,6,11-12H2,1-2H3,(H,21,24);1H. The van der Waals surface area contributed by atoms with Crippen molar-refractivity contribution < 1.29 is 21.8 Å². The number of hydrogen-bond acceptors (Lipinski definition) is 2. The first-order chi connectivity index (χ1) is 11.6. The number of hydrogen-bond donors (Lipinski definition) is 2. The number of nitrogens with zero attached hydrogens (tertiary/aromatic N) is 2. The lowest BCUT2D eigenvalue weighted by molar-refractivity contribution is -0.630. The lowest BCUT2D eigenvalue weighted by atomic mass is 10.2. The van der Waals surface area contributed by atoms with Crippen molar-refractivity contribution in [3.63, 3.8) is 0 Å². The molecule has 5 nitrogen and oxygen atoms in total. The van der Waals surface area contributed by atoms with E-state index in [1.165, 1.54) is 0 Å². The summed E-state index contributed by atoms with van der Waals surface area (Å²) in [5, 5.41) is 2.94. The first-order valence-electron chi connectivity index (χ1n) is 8.15. The first-order valence-corrected chi connectivity index (χ1v) is 8.15. The fraction of sp³-hybridized carbons (Fsp3) is 0.263. The Labute approximate surface area is 153 Å². The molecule has 0 fully saturated rings. The predicted molar refractivity (Wildman–Crippen MR) is 96.6 cm³/mol. The van der Waals surface area contributed by atoms with E-state index in [2.05, 4.69) is 16.0 Å². The number of rotatable bonds is 5. The van der Waals surface area contributed by atoms with Crippen LogP contribution < -0.4 is 28.0 Å². The summed E-state index contributed by atoms with van der Waals surface area (Å²) in [6.45, 7) is 2.73. The second-order valence-corrected chi connectivity index (χ2v) is 6.08. The highest BCUT2D eigenvalue weighted by atomic mass is 35.5. The Kier molecular flexibility index (Phi) is 6.04. The Morgan fingerprint density at radius 1 is 1.20 bits per heavy atom. The summed E-state index contributed by atoms with van der Waals surface area (Å²) < 4.78 is 4.04. The number of carbonyl (C=O) groups excluding carboxylic acids is 1. The molecule has 0 saturated heterocycles. The summed E-state index contributed by atoms with van der Waals surface area (Å²) in [4.78, 5) is 12.1. The molecule has 0 aliphatic rings. The second kappa shape index (κ2) is 8.03. The van der Waals surface area contributed by atoms with Crippen LogP contribution in [-0.2, 0) is 18.4 Å². The highest BCUT2D eigenvalue weighted by Crippen LogP contribution is 2.16. The van der Waals surface area contributed by atoms with Gasteiger partial charge in [0.2, 0.25) is 5.91 Å². The number of anilines is 2. The number of nitrogens with two attached hydrogens (primary N) is 1. The molecule has 132 valence electrons. The number of benzene rings is 2. The molecule has 1 aromatic heterocycles. The smallest absolute Gasteiger partial charge is 0.355 e. The Balaban J connectivity index is 0.00000225. The molecule has 0 aliphatic heterocycles. The maximum Gasteiger partial charge on any atom is 0.355 e. The average Bonchev–Trinajstić information content (AvgIpc) is 2.80. The maximum absolute atomic E-state index is 12.1. The molecule has 25 heavy (non-hydrogen) atoms. The molecule has 0 bridgehead atoms. The number of fused-ring (bicyclic) bond motifs is 1. The van der Waals surface area contributed by atoms with Gasteiger partial charge in [-0.3, -0.25) is 10.5 Å². The Morgan fingerprint density at radius 3 is 2.72 bits per heavy atom. The van der Waals surface area contributed by atoms with Crippen LogP contribution in [0.2, 0.25) is 0 Å². The topological polar surface area (TPSA) is 63.9 Å². The van der Waals surface area contributed by atoms with Gasteiger partial charge in [0.25, 0.3) is 0 Å². The largest absolute Gasteiger partial charge is 1.00 e. The van der Waals surface area contributed by atoms with E-state index in [1.54, 1.807) is 0 Å².